The normalized spacial score (nSPS) is 14.3. The van der Waals surface area contributed by atoms with Crippen LogP contribution < -0.4 is 0 Å². The lowest BCUT2D eigenvalue weighted by atomic mass is 9.99. The summed E-state index contributed by atoms with van der Waals surface area (Å²) in [7, 11) is -9.92. The molecule has 0 rings (SSSR count). The quantitative estimate of drug-likeness (QED) is 0.0222. The molecule has 100 heavy (non-hydrogen) atoms. The molecule has 0 aliphatic carbocycles. The van der Waals surface area contributed by atoms with E-state index in [1.807, 2.05) is 0 Å². The molecule has 0 aromatic carbocycles. The number of phosphoric acid groups is 2. The minimum Gasteiger partial charge on any atom is -0.462 e. The molecule has 0 spiro atoms. The van der Waals surface area contributed by atoms with Gasteiger partial charge in [-0.15, -0.1) is 0 Å². The van der Waals surface area contributed by atoms with Gasteiger partial charge < -0.3 is 33.8 Å². The second kappa shape index (κ2) is 70.1. The van der Waals surface area contributed by atoms with E-state index < -0.39 is 97.5 Å². The van der Waals surface area contributed by atoms with E-state index in [0.29, 0.717) is 31.6 Å². The summed E-state index contributed by atoms with van der Waals surface area (Å²) in [5, 5.41) is 10.6. The standard InChI is InChI=1S/C81H158O17P2/c1-9-74(8)60-52-44-36-27-23-19-14-12-10-11-13-15-21-25-29-38-47-55-63-80(85)97-77(68-92-79(84)62-54-46-40-32-35-43-51-59-73(6)7)70-96-100(89,90)94-66-75(82)65-93-99(87,88)95-69-76(98-81(86)64-56-48-39-31-30-34-42-50-58-72(4)5)67-91-78(83)61-53-45-37-28-24-20-17-16-18-22-26-33-41-49-57-71(2)3/h71-77,82H,9-70H2,1-8H3,(H,87,88)(H,89,90)/t74?,75?,76-,77-/m1/s1. The van der Waals surface area contributed by atoms with E-state index >= 15 is 0 Å². The summed E-state index contributed by atoms with van der Waals surface area (Å²) in [6.45, 7) is 14.2. The van der Waals surface area contributed by atoms with Crippen molar-refractivity contribution in [3.05, 3.63) is 0 Å². The molecule has 0 fully saturated rings. The predicted molar refractivity (Wildman–Crippen MR) is 409 cm³/mol. The Bertz CT molecular complexity index is 1960. The highest BCUT2D eigenvalue weighted by Gasteiger charge is 2.30. The van der Waals surface area contributed by atoms with Crippen LogP contribution in [0.1, 0.15) is 415 Å². The minimum atomic E-state index is -4.96. The number of hydrogen-bond acceptors (Lipinski definition) is 15. The number of carbonyl (C=O) groups excluding carboxylic acids is 4. The summed E-state index contributed by atoms with van der Waals surface area (Å²) < 4.78 is 68.6. The van der Waals surface area contributed by atoms with Crippen molar-refractivity contribution in [2.24, 2.45) is 23.7 Å². The van der Waals surface area contributed by atoms with E-state index in [0.717, 1.165) is 114 Å². The summed E-state index contributed by atoms with van der Waals surface area (Å²) in [4.78, 5) is 72.9. The molecule has 6 atom stereocenters. The number of carbonyl (C=O) groups is 4. The van der Waals surface area contributed by atoms with E-state index in [1.54, 1.807) is 0 Å². The molecule has 0 aliphatic heterocycles. The van der Waals surface area contributed by atoms with Crippen LogP contribution in [-0.2, 0) is 65.4 Å². The first-order valence-corrected chi connectivity index (χ1v) is 44.7. The Morgan fingerprint density at radius 3 is 0.710 bits per heavy atom. The molecule has 0 heterocycles. The highest BCUT2D eigenvalue weighted by molar-refractivity contribution is 7.47. The average molecular weight is 1470 g/mol. The van der Waals surface area contributed by atoms with Gasteiger partial charge in [-0.1, -0.05) is 364 Å². The fourth-order valence-corrected chi connectivity index (χ4v) is 14.0. The summed E-state index contributed by atoms with van der Waals surface area (Å²) in [5.41, 5.74) is 0. The Labute approximate surface area is 613 Å². The van der Waals surface area contributed by atoms with E-state index in [2.05, 4.69) is 55.4 Å². The Morgan fingerprint density at radius 1 is 0.280 bits per heavy atom. The van der Waals surface area contributed by atoms with Crippen LogP contribution in [0.4, 0.5) is 0 Å². The van der Waals surface area contributed by atoms with Crippen molar-refractivity contribution in [2.45, 2.75) is 433 Å². The van der Waals surface area contributed by atoms with Crippen molar-refractivity contribution in [3.63, 3.8) is 0 Å². The molecule has 17 nitrogen and oxygen atoms in total. The summed E-state index contributed by atoms with van der Waals surface area (Å²) in [5.74, 6) is 0.976. The van der Waals surface area contributed by atoms with Crippen molar-refractivity contribution >= 4 is 39.5 Å². The third-order valence-electron chi connectivity index (χ3n) is 19.2. The van der Waals surface area contributed by atoms with Gasteiger partial charge in [0.2, 0.25) is 0 Å². The first-order valence-electron chi connectivity index (χ1n) is 41.7. The van der Waals surface area contributed by atoms with Crippen LogP contribution >= 0.6 is 15.6 Å². The number of phosphoric ester groups is 2. The number of unbranched alkanes of at least 4 members (excludes halogenated alkanes) is 43. The van der Waals surface area contributed by atoms with Crippen LogP contribution in [0.5, 0.6) is 0 Å². The lowest BCUT2D eigenvalue weighted by Gasteiger charge is -2.21. The van der Waals surface area contributed by atoms with Gasteiger partial charge >= 0.3 is 39.5 Å². The smallest absolute Gasteiger partial charge is 0.462 e. The minimum absolute atomic E-state index is 0.104. The van der Waals surface area contributed by atoms with Gasteiger partial charge in [0.1, 0.15) is 19.3 Å². The molecule has 0 amide bonds. The van der Waals surface area contributed by atoms with Gasteiger partial charge in [0, 0.05) is 25.7 Å². The highest BCUT2D eigenvalue weighted by Crippen LogP contribution is 2.45. The third kappa shape index (κ3) is 73.0. The molecule has 0 aliphatic rings. The lowest BCUT2D eigenvalue weighted by molar-refractivity contribution is -0.161. The van der Waals surface area contributed by atoms with Gasteiger partial charge in [-0.3, -0.25) is 37.3 Å². The molecule has 19 heteroatoms. The Morgan fingerprint density at radius 2 is 0.480 bits per heavy atom. The zero-order chi connectivity index (χ0) is 73.8. The van der Waals surface area contributed by atoms with Crippen LogP contribution in [-0.4, -0.2) is 96.7 Å². The van der Waals surface area contributed by atoms with Crippen LogP contribution in [0.3, 0.4) is 0 Å². The van der Waals surface area contributed by atoms with Crippen LogP contribution in [0, 0.1) is 23.7 Å². The van der Waals surface area contributed by atoms with Crippen molar-refractivity contribution in [3.8, 4) is 0 Å². The molecular weight excluding hydrogens is 1310 g/mol. The Kier molecular flexibility index (Phi) is 68.7. The topological polar surface area (TPSA) is 237 Å². The molecular formula is C81H158O17P2. The van der Waals surface area contributed by atoms with Gasteiger partial charge in [-0.2, -0.15) is 0 Å². The van der Waals surface area contributed by atoms with Gasteiger partial charge in [0.15, 0.2) is 12.2 Å². The molecule has 0 bridgehead atoms. The lowest BCUT2D eigenvalue weighted by Crippen LogP contribution is -2.30. The van der Waals surface area contributed by atoms with E-state index in [4.69, 9.17) is 37.0 Å². The van der Waals surface area contributed by atoms with Crippen LogP contribution in [0.15, 0.2) is 0 Å². The van der Waals surface area contributed by atoms with Gasteiger partial charge in [0.25, 0.3) is 0 Å². The van der Waals surface area contributed by atoms with E-state index in [-0.39, 0.29) is 25.7 Å². The highest BCUT2D eigenvalue weighted by atomic mass is 31.2. The first-order chi connectivity index (χ1) is 48.1. The maximum atomic E-state index is 13.1. The van der Waals surface area contributed by atoms with E-state index in [1.165, 1.54) is 212 Å². The zero-order valence-corrected chi connectivity index (χ0v) is 67.6. The number of hydrogen-bond donors (Lipinski definition) is 3. The Balaban J connectivity index is 5.16. The summed E-state index contributed by atoms with van der Waals surface area (Å²) in [6.07, 6.45) is 57.1. The van der Waals surface area contributed by atoms with Crippen molar-refractivity contribution < 1.29 is 80.2 Å². The van der Waals surface area contributed by atoms with Crippen molar-refractivity contribution in [1.29, 1.82) is 0 Å². The van der Waals surface area contributed by atoms with E-state index in [9.17, 15) is 43.2 Å². The van der Waals surface area contributed by atoms with Gasteiger partial charge in [-0.25, -0.2) is 9.13 Å². The largest absolute Gasteiger partial charge is 0.472 e. The summed E-state index contributed by atoms with van der Waals surface area (Å²) in [6, 6.07) is 0. The maximum Gasteiger partial charge on any atom is 0.472 e. The molecule has 3 N–H and O–H groups in total. The van der Waals surface area contributed by atoms with Crippen LogP contribution in [0.2, 0.25) is 0 Å². The Hall–Kier alpha value is -1.94. The molecule has 0 saturated carbocycles. The molecule has 4 unspecified atom stereocenters. The number of esters is 4. The monoisotopic (exact) mass is 1470 g/mol. The average Bonchev–Trinajstić information content (AvgIpc) is 0.910. The number of ether oxygens (including phenoxy) is 4. The third-order valence-corrected chi connectivity index (χ3v) is 21.1. The second-order valence-electron chi connectivity index (χ2n) is 30.8. The number of rotatable bonds is 78. The zero-order valence-electron chi connectivity index (χ0n) is 65.8. The molecule has 0 aromatic rings. The van der Waals surface area contributed by atoms with Crippen molar-refractivity contribution in [1.82, 2.24) is 0 Å². The van der Waals surface area contributed by atoms with Gasteiger partial charge in [-0.05, 0) is 49.4 Å². The van der Waals surface area contributed by atoms with Crippen LogP contribution in [0.25, 0.3) is 0 Å². The molecule has 594 valence electrons. The summed E-state index contributed by atoms with van der Waals surface area (Å²) >= 11 is 0. The first kappa shape index (κ1) is 98.1. The molecule has 0 saturated heterocycles. The number of aliphatic hydroxyl groups excluding tert-OH is 1. The fraction of sp³-hybridized carbons (Fsp3) is 0.951. The maximum absolute atomic E-state index is 13.1. The molecule has 0 radical (unpaired) electrons. The second-order valence-corrected chi connectivity index (χ2v) is 33.7. The number of aliphatic hydroxyl groups is 1. The fourth-order valence-electron chi connectivity index (χ4n) is 12.4. The SMILES string of the molecule is CCC(C)CCCCCCCCCCCCCCCCCCCCC(=O)O[C@H](COC(=O)CCCCCCCCCC(C)C)COP(=O)(O)OCC(O)COP(=O)(O)OC[C@@H](COC(=O)CCCCCCCCCCCCCCCCC(C)C)OC(=O)CCCCCCCCCCC(C)C. The molecule has 0 aromatic heterocycles. The van der Waals surface area contributed by atoms with Crippen molar-refractivity contribution in [2.75, 3.05) is 39.6 Å². The van der Waals surface area contributed by atoms with Gasteiger partial charge in [0.05, 0.1) is 26.4 Å². The predicted octanol–water partition coefficient (Wildman–Crippen LogP) is 24.0.